The maximum Gasteiger partial charge on any atom is 0.303 e. The molecule has 1 fully saturated rings. The van der Waals surface area contributed by atoms with Gasteiger partial charge in [0, 0.05) is 20.8 Å². The van der Waals surface area contributed by atoms with Crippen LogP contribution in [0.2, 0.25) is 0 Å². The van der Waals surface area contributed by atoms with Gasteiger partial charge < -0.3 is 24.1 Å². The molecule has 1 N–H and O–H groups in total. The first-order valence-electron chi connectivity index (χ1n) is 7.19. The standard InChI is InChI=1S/C14H22O8S/c1-5-23-14-11(18)13(21-9(4)17)12(20-8(3)16)10(22-14)6-19-7(2)15/h10-14,18H,5-6H2,1-4H3/t10?,11?,12-,13?,14+/m1/s1. The lowest BCUT2D eigenvalue weighted by molar-refractivity contribution is -0.231. The van der Waals surface area contributed by atoms with E-state index in [4.69, 9.17) is 18.9 Å². The highest BCUT2D eigenvalue weighted by Crippen LogP contribution is 2.32. The molecule has 1 aliphatic heterocycles. The van der Waals surface area contributed by atoms with Crippen molar-refractivity contribution < 1.29 is 38.4 Å². The molecular weight excluding hydrogens is 328 g/mol. The highest BCUT2D eigenvalue weighted by Gasteiger charge is 2.49. The Hall–Kier alpha value is -1.32. The molecule has 0 aromatic carbocycles. The molecule has 8 nitrogen and oxygen atoms in total. The van der Waals surface area contributed by atoms with Crippen molar-refractivity contribution in [1.82, 2.24) is 0 Å². The Kier molecular flexibility index (Phi) is 7.80. The molecule has 0 bridgehead atoms. The SMILES string of the molecule is CCS[C@@H]1OC(COC(C)=O)[C@@H](OC(C)=O)C(OC(C)=O)C1O. The summed E-state index contributed by atoms with van der Waals surface area (Å²) < 4.78 is 20.9. The van der Waals surface area contributed by atoms with E-state index in [9.17, 15) is 19.5 Å². The van der Waals surface area contributed by atoms with Crippen LogP contribution in [0.3, 0.4) is 0 Å². The molecule has 0 aliphatic carbocycles. The van der Waals surface area contributed by atoms with E-state index < -0.39 is 47.8 Å². The van der Waals surface area contributed by atoms with Crippen molar-refractivity contribution in [3.05, 3.63) is 0 Å². The molecule has 23 heavy (non-hydrogen) atoms. The van der Waals surface area contributed by atoms with Gasteiger partial charge in [-0.05, 0) is 5.75 Å². The number of rotatable bonds is 6. The zero-order chi connectivity index (χ0) is 17.6. The van der Waals surface area contributed by atoms with Crippen LogP contribution >= 0.6 is 11.8 Å². The summed E-state index contributed by atoms with van der Waals surface area (Å²) in [6.07, 6.45) is -4.20. The van der Waals surface area contributed by atoms with Gasteiger partial charge >= 0.3 is 17.9 Å². The lowest BCUT2D eigenvalue weighted by Crippen LogP contribution is -2.60. The van der Waals surface area contributed by atoms with Crippen LogP contribution in [0, 0.1) is 0 Å². The number of thioether (sulfide) groups is 1. The molecule has 5 atom stereocenters. The van der Waals surface area contributed by atoms with Gasteiger partial charge in [0.15, 0.2) is 12.2 Å². The number of aliphatic hydroxyl groups is 1. The normalized spacial score (nSPS) is 30.4. The third-order valence-corrected chi connectivity index (χ3v) is 4.05. The fourth-order valence-electron chi connectivity index (χ4n) is 2.19. The minimum absolute atomic E-state index is 0.182. The zero-order valence-corrected chi connectivity index (χ0v) is 14.3. The molecule has 1 rings (SSSR count). The molecule has 0 amide bonds. The molecular formula is C14H22O8S. The Labute approximate surface area is 138 Å². The van der Waals surface area contributed by atoms with Gasteiger partial charge in [0.25, 0.3) is 0 Å². The van der Waals surface area contributed by atoms with Crippen LogP contribution in [0.5, 0.6) is 0 Å². The lowest BCUT2D eigenvalue weighted by atomic mass is 9.99. The van der Waals surface area contributed by atoms with Crippen molar-refractivity contribution >= 4 is 29.7 Å². The monoisotopic (exact) mass is 350 g/mol. The molecule has 0 saturated carbocycles. The summed E-state index contributed by atoms with van der Waals surface area (Å²) in [7, 11) is 0. The summed E-state index contributed by atoms with van der Waals surface area (Å²) in [5.74, 6) is -1.13. The zero-order valence-electron chi connectivity index (χ0n) is 13.5. The third kappa shape index (κ3) is 6.00. The van der Waals surface area contributed by atoms with Crippen molar-refractivity contribution in [2.75, 3.05) is 12.4 Å². The minimum Gasteiger partial charge on any atom is -0.463 e. The molecule has 0 aromatic rings. The smallest absolute Gasteiger partial charge is 0.303 e. The van der Waals surface area contributed by atoms with Gasteiger partial charge in [-0.3, -0.25) is 14.4 Å². The predicted molar refractivity (Wildman–Crippen MR) is 80.5 cm³/mol. The minimum atomic E-state index is -1.18. The highest BCUT2D eigenvalue weighted by molar-refractivity contribution is 7.99. The number of ether oxygens (including phenoxy) is 4. The Balaban J connectivity index is 3.02. The fraction of sp³-hybridized carbons (Fsp3) is 0.786. The topological polar surface area (TPSA) is 108 Å². The number of aliphatic hydroxyl groups excluding tert-OH is 1. The Morgan fingerprint density at radius 3 is 2.09 bits per heavy atom. The quantitative estimate of drug-likeness (QED) is 0.532. The summed E-state index contributed by atoms with van der Waals surface area (Å²) in [5.41, 5.74) is -0.697. The van der Waals surface area contributed by atoms with Crippen LogP contribution in [0.15, 0.2) is 0 Å². The third-order valence-electron chi connectivity index (χ3n) is 3.00. The van der Waals surface area contributed by atoms with E-state index >= 15 is 0 Å². The Bertz CT molecular complexity index is 440. The summed E-state index contributed by atoms with van der Waals surface area (Å²) in [5, 5.41) is 10.4. The molecule has 132 valence electrons. The van der Waals surface area contributed by atoms with E-state index in [0.29, 0.717) is 5.75 Å². The van der Waals surface area contributed by atoms with Crippen molar-refractivity contribution in [2.45, 2.75) is 57.5 Å². The summed E-state index contributed by atoms with van der Waals surface area (Å²) in [6, 6.07) is 0. The Morgan fingerprint density at radius 2 is 1.61 bits per heavy atom. The summed E-state index contributed by atoms with van der Waals surface area (Å²) in [6.45, 7) is 5.31. The summed E-state index contributed by atoms with van der Waals surface area (Å²) in [4.78, 5) is 33.7. The highest BCUT2D eigenvalue weighted by atomic mass is 32.2. The van der Waals surface area contributed by atoms with Crippen LogP contribution in [-0.2, 0) is 33.3 Å². The molecule has 0 radical (unpaired) electrons. The first-order valence-corrected chi connectivity index (χ1v) is 8.24. The average molecular weight is 350 g/mol. The van der Waals surface area contributed by atoms with Crippen molar-refractivity contribution in [2.24, 2.45) is 0 Å². The van der Waals surface area contributed by atoms with Crippen LogP contribution in [0.4, 0.5) is 0 Å². The number of carbonyl (C=O) groups is 3. The number of carbonyl (C=O) groups excluding carboxylic acids is 3. The second-order valence-electron chi connectivity index (χ2n) is 4.94. The van der Waals surface area contributed by atoms with Gasteiger partial charge in [0.05, 0.1) is 0 Å². The second-order valence-corrected chi connectivity index (χ2v) is 6.31. The van der Waals surface area contributed by atoms with Crippen LogP contribution in [0.1, 0.15) is 27.7 Å². The first-order chi connectivity index (χ1) is 10.8. The molecule has 1 heterocycles. The molecule has 1 saturated heterocycles. The first kappa shape index (κ1) is 19.7. The fourth-order valence-corrected chi connectivity index (χ4v) is 3.09. The van der Waals surface area contributed by atoms with Crippen molar-refractivity contribution in [3.63, 3.8) is 0 Å². The molecule has 3 unspecified atom stereocenters. The van der Waals surface area contributed by atoms with Gasteiger partial charge in [-0.25, -0.2) is 0 Å². The van der Waals surface area contributed by atoms with Gasteiger partial charge in [-0.2, -0.15) is 0 Å². The van der Waals surface area contributed by atoms with Crippen LogP contribution in [-0.4, -0.2) is 65.2 Å². The van der Waals surface area contributed by atoms with E-state index in [-0.39, 0.29) is 6.61 Å². The van der Waals surface area contributed by atoms with Crippen molar-refractivity contribution in [1.29, 1.82) is 0 Å². The molecule has 0 spiro atoms. The molecule has 9 heteroatoms. The van der Waals surface area contributed by atoms with Crippen molar-refractivity contribution in [3.8, 4) is 0 Å². The van der Waals surface area contributed by atoms with E-state index in [1.54, 1.807) is 0 Å². The predicted octanol–water partition coefficient (Wildman–Crippen LogP) is 0.252. The van der Waals surface area contributed by atoms with E-state index in [2.05, 4.69) is 0 Å². The average Bonchev–Trinajstić information content (AvgIpc) is 2.43. The number of hydrogen-bond acceptors (Lipinski definition) is 9. The molecule has 0 aromatic heterocycles. The number of hydrogen-bond donors (Lipinski definition) is 1. The van der Waals surface area contributed by atoms with E-state index in [0.717, 1.165) is 0 Å². The van der Waals surface area contributed by atoms with Crippen LogP contribution < -0.4 is 0 Å². The van der Waals surface area contributed by atoms with Gasteiger partial charge in [0.1, 0.15) is 24.3 Å². The summed E-state index contributed by atoms with van der Waals surface area (Å²) >= 11 is 1.31. The second kappa shape index (κ2) is 9.09. The largest absolute Gasteiger partial charge is 0.463 e. The van der Waals surface area contributed by atoms with Gasteiger partial charge in [-0.1, -0.05) is 6.92 Å². The van der Waals surface area contributed by atoms with Gasteiger partial charge in [-0.15, -0.1) is 11.8 Å². The lowest BCUT2D eigenvalue weighted by Gasteiger charge is -2.42. The molecule has 1 aliphatic rings. The van der Waals surface area contributed by atoms with E-state index in [1.807, 2.05) is 6.92 Å². The number of esters is 3. The maximum atomic E-state index is 11.3. The maximum absolute atomic E-state index is 11.3. The Morgan fingerprint density at radius 1 is 1.04 bits per heavy atom. The van der Waals surface area contributed by atoms with Gasteiger partial charge in [0.2, 0.25) is 0 Å². The van der Waals surface area contributed by atoms with E-state index in [1.165, 1.54) is 32.5 Å². The van der Waals surface area contributed by atoms with Crippen LogP contribution in [0.25, 0.3) is 0 Å².